The van der Waals surface area contributed by atoms with Gasteiger partial charge in [-0.1, -0.05) is 57.9 Å². The molecule has 0 radical (unpaired) electrons. The van der Waals surface area contributed by atoms with Gasteiger partial charge in [0.25, 0.3) is 0 Å². The van der Waals surface area contributed by atoms with Crippen LogP contribution < -0.4 is 5.73 Å². The minimum atomic E-state index is 0.769. The van der Waals surface area contributed by atoms with Gasteiger partial charge in [-0.25, -0.2) is 0 Å². The van der Waals surface area contributed by atoms with E-state index in [0.717, 1.165) is 10.8 Å². The van der Waals surface area contributed by atoms with Gasteiger partial charge in [0.05, 0.1) is 0 Å². The summed E-state index contributed by atoms with van der Waals surface area (Å²) in [6.45, 7) is 5.01. The Morgan fingerprint density at radius 3 is 1.62 bits per heavy atom. The second kappa shape index (κ2) is 17.8. The fourth-order valence-electron chi connectivity index (χ4n) is 1.28. The zero-order valence-corrected chi connectivity index (χ0v) is 12.7. The molecule has 1 nitrogen and oxygen atoms in total. The molecule has 0 bridgehead atoms. The summed E-state index contributed by atoms with van der Waals surface area (Å²) < 4.78 is 0.769. The average molecular weight is 264 g/mol. The van der Waals surface area contributed by atoms with E-state index in [-0.39, 0.29) is 0 Å². The predicted molar refractivity (Wildman–Crippen MR) is 83.4 cm³/mol. The molecule has 0 aliphatic rings. The standard InChI is InChI=1S/C10H23N.C3H6S2/c1-2-3-4-5-6-7-8-9-10-11;1-2-3(4)5/h2-11H2,1H3;2,4-5H,1H3. The zero-order chi connectivity index (χ0) is 12.6. The largest absolute Gasteiger partial charge is 0.330 e. The number of allylic oxidation sites excluding steroid dienone is 1. The van der Waals surface area contributed by atoms with Crippen LogP contribution in [-0.4, -0.2) is 6.54 Å². The molecule has 0 saturated heterocycles. The van der Waals surface area contributed by atoms with Crippen LogP contribution in [0, 0.1) is 0 Å². The molecular formula is C13H29NS2. The maximum atomic E-state index is 5.39. The lowest BCUT2D eigenvalue weighted by Crippen LogP contribution is -1.97. The fourth-order valence-corrected chi connectivity index (χ4v) is 1.28. The Balaban J connectivity index is 0. The summed E-state index contributed by atoms with van der Waals surface area (Å²) in [5.74, 6) is 0. The zero-order valence-electron chi connectivity index (χ0n) is 10.9. The highest BCUT2D eigenvalue weighted by Crippen LogP contribution is 2.07. The summed E-state index contributed by atoms with van der Waals surface area (Å²) in [7, 11) is 0. The smallest absolute Gasteiger partial charge is 0.0296 e. The number of rotatable bonds is 8. The van der Waals surface area contributed by atoms with E-state index >= 15 is 0 Å². The van der Waals surface area contributed by atoms with Crippen LogP contribution in [0.15, 0.2) is 10.3 Å². The second-order valence-corrected chi connectivity index (χ2v) is 5.23. The van der Waals surface area contributed by atoms with E-state index in [1.807, 2.05) is 13.0 Å². The predicted octanol–water partition coefficient (Wildman–Crippen LogP) is 4.79. The third kappa shape index (κ3) is 23.9. The quantitative estimate of drug-likeness (QED) is 0.426. The molecule has 0 atom stereocenters. The molecule has 3 heteroatoms. The lowest BCUT2D eigenvalue weighted by atomic mass is 10.1. The van der Waals surface area contributed by atoms with Crippen LogP contribution in [0.1, 0.15) is 65.2 Å². The first kappa shape index (κ1) is 18.8. The number of hydrogen-bond donors (Lipinski definition) is 3. The van der Waals surface area contributed by atoms with E-state index in [1.54, 1.807) is 0 Å². The van der Waals surface area contributed by atoms with Gasteiger partial charge in [0.1, 0.15) is 0 Å². The molecule has 0 saturated carbocycles. The molecule has 0 spiro atoms. The summed E-state index contributed by atoms with van der Waals surface area (Å²) in [5.41, 5.74) is 5.39. The van der Waals surface area contributed by atoms with Gasteiger partial charge in [-0.15, -0.1) is 25.3 Å². The molecule has 0 amide bonds. The summed E-state index contributed by atoms with van der Waals surface area (Å²) in [5, 5.41) is 0. The van der Waals surface area contributed by atoms with Crippen molar-refractivity contribution in [2.75, 3.05) is 6.54 Å². The Morgan fingerprint density at radius 1 is 0.938 bits per heavy atom. The van der Waals surface area contributed by atoms with E-state index in [4.69, 9.17) is 5.73 Å². The maximum absolute atomic E-state index is 5.39. The van der Waals surface area contributed by atoms with Crippen molar-refractivity contribution in [2.45, 2.75) is 65.2 Å². The Morgan fingerprint density at radius 2 is 1.31 bits per heavy atom. The maximum Gasteiger partial charge on any atom is 0.0296 e. The lowest BCUT2D eigenvalue weighted by Gasteiger charge is -1.99. The fraction of sp³-hybridized carbons (Fsp3) is 0.846. The molecule has 16 heavy (non-hydrogen) atoms. The Labute approximate surface area is 113 Å². The van der Waals surface area contributed by atoms with Gasteiger partial charge in [-0.3, -0.25) is 0 Å². The van der Waals surface area contributed by atoms with Crippen molar-refractivity contribution in [1.82, 2.24) is 0 Å². The monoisotopic (exact) mass is 263 g/mol. The van der Waals surface area contributed by atoms with Crippen molar-refractivity contribution in [3.05, 3.63) is 10.3 Å². The minimum absolute atomic E-state index is 0.769. The van der Waals surface area contributed by atoms with E-state index in [0.29, 0.717) is 0 Å². The molecule has 2 N–H and O–H groups in total. The molecule has 0 heterocycles. The van der Waals surface area contributed by atoms with Gasteiger partial charge in [0, 0.05) is 4.24 Å². The van der Waals surface area contributed by atoms with Crippen LogP contribution in [0.5, 0.6) is 0 Å². The summed E-state index contributed by atoms with van der Waals surface area (Å²) in [6.07, 6.45) is 12.8. The van der Waals surface area contributed by atoms with Crippen LogP contribution in [0.2, 0.25) is 0 Å². The van der Waals surface area contributed by atoms with Crippen LogP contribution >= 0.6 is 25.3 Å². The molecule has 0 aromatic carbocycles. The van der Waals surface area contributed by atoms with Crippen molar-refractivity contribution < 1.29 is 0 Å². The molecular weight excluding hydrogens is 234 g/mol. The van der Waals surface area contributed by atoms with Gasteiger partial charge < -0.3 is 5.73 Å². The molecule has 0 unspecified atom stereocenters. The molecule has 0 aliphatic carbocycles. The first-order chi connectivity index (χ1) is 7.68. The third-order valence-corrected chi connectivity index (χ3v) is 2.83. The highest BCUT2D eigenvalue weighted by atomic mass is 32.2. The molecule has 0 aliphatic heterocycles. The number of thiol groups is 2. The number of nitrogens with two attached hydrogens (primary N) is 1. The van der Waals surface area contributed by atoms with Crippen molar-refractivity contribution >= 4 is 25.3 Å². The molecule has 0 aromatic rings. The van der Waals surface area contributed by atoms with Gasteiger partial charge in [-0.05, 0) is 19.9 Å². The van der Waals surface area contributed by atoms with Crippen molar-refractivity contribution in [2.24, 2.45) is 5.73 Å². The Bertz CT molecular complexity index is 135. The SMILES string of the molecule is CC=C(S)S.CCCCCCCCCCN. The number of unbranched alkanes of at least 4 members (excludes halogenated alkanes) is 7. The van der Waals surface area contributed by atoms with Crippen molar-refractivity contribution in [3.63, 3.8) is 0 Å². The topological polar surface area (TPSA) is 26.0 Å². The van der Waals surface area contributed by atoms with Crippen LogP contribution in [0.25, 0.3) is 0 Å². The normalized spacial score (nSPS) is 9.31. The molecule has 0 fully saturated rings. The van der Waals surface area contributed by atoms with Gasteiger partial charge in [-0.2, -0.15) is 0 Å². The van der Waals surface area contributed by atoms with Gasteiger partial charge in [0.15, 0.2) is 0 Å². The second-order valence-electron chi connectivity index (χ2n) is 3.91. The van der Waals surface area contributed by atoms with E-state index in [9.17, 15) is 0 Å². The summed E-state index contributed by atoms with van der Waals surface area (Å²) in [4.78, 5) is 0. The van der Waals surface area contributed by atoms with E-state index < -0.39 is 0 Å². The van der Waals surface area contributed by atoms with Crippen molar-refractivity contribution in [1.29, 1.82) is 0 Å². The first-order valence-corrected chi connectivity index (χ1v) is 7.32. The third-order valence-electron chi connectivity index (χ3n) is 2.32. The first-order valence-electron chi connectivity index (χ1n) is 6.43. The molecule has 0 rings (SSSR count). The number of hydrogen-bond acceptors (Lipinski definition) is 3. The average Bonchev–Trinajstić information content (AvgIpc) is 2.29. The van der Waals surface area contributed by atoms with Gasteiger partial charge >= 0.3 is 0 Å². The minimum Gasteiger partial charge on any atom is -0.330 e. The Hall–Kier alpha value is 0.400. The van der Waals surface area contributed by atoms with E-state index in [2.05, 4.69) is 32.2 Å². The lowest BCUT2D eigenvalue weighted by molar-refractivity contribution is 0.578. The molecule has 98 valence electrons. The molecule has 0 aromatic heterocycles. The van der Waals surface area contributed by atoms with Crippen molar-refractivity contribution in [3.8, 4) is 0 Å². The van der Waals surface area contributed by atoms with Gasteiger partial charge in [0.2, 0.25) is 0 Å². The highest BCUT2D eigenvalue weighted by molar-refractivity contribution is 8.04. The van der Waals surface area contributed by atoms with Crippen LogP contribution in [0.4, 0.5) is 0 Å². The Kier molecular flexibility index (Phi) is 20.8. The van der Waals surface area contributed by atoms with Crippen LogP contribution in [0.3, 0.4) is 0 Å². The van der Waals surface area contributed by atoms with Crippen LogP contribution in [-0.2, 0) is 0 Å². The summed E-state index contributed by atoms with van der Waals surface area (Å²) in [6, 6.07) is 0. The highest BCUT2D eigenvalue weighted by Gasteiger charge is 1.89. The van der Waals surface area contributed by atoms with E-state index in [1.165, 1.54) is 51.4 Å². The summed E-state index contributed by atoms with van der Waals surface area (Å²) >= 11 is 7.65.